The van der Waals surface area contributed by atoms with Crippen LogP contribution in [0.3, 0.4) is 0 Å². The molecule has 0 aliphatic carbocycles. The van der Waals surface area contributed by atoms with Crippen LogP contribution in [0.4, 0.5) is 11.5 Å². The number of rotatable bonds is 7. The summed E-state index contributed by atoms with van der Waals surface area (Å²) < 4.78 is 11.1. The fourth-order valence-electron chi connectivity index (χ4n) is 5.62. The van der Waals surface area contributed by atoms with Crippen molar-refractivity contribution in [2.24, 2.45) is 0 Å². The summed E-state index contributed by atoms with van der Waals surface area (Å²) in [6, 6.07) is 8.87. The van der Waals surface area contributed by atoms with Crippen LogP contribution in [-0.2, 0) is 16.0 Å². The van der Waals surface area contributed by atoms with Gasteiger partial charge in [-0.1, -0.05) is 11.8 Å². The van der Waals surface area contributed by atoms with Crippen LogP contribution in [-0.4, -0.2) is 73.5 Å². The van der Waals surface area contributed by atoms with Gasteiger partial charge in [-0.05, 0) is 63.4 Å². The van der Waals surface area contributed by atoms with E-state index in [2.05, 4.69) is 57.1 Å². The lowest BCUT2D eigenvalue weighted by atomic mass is 10.0. The molecular weight excluding hydrogens is 490 g/mol. The smallest absolute Gasteiger partial charge is 0.253 e. The molecule has 0 radical (unpaired) electrons. The van der Waals surface area contributed by atoms with Crippen molar-refractivity contribution in [2.75, 3.05) is 62.8 Å². The molecule has 39 heavy (non-hydrogen) atoms. The van der Waals surface area contributed by atoms with Crippen molar-refractivity contribution in [3.63, 3.8) is 0 Å². The minimum Gasteiger partial charge on any atom is -0.381 e. The number of aromatic amines is 1. The highest BCUT2D eigenvalue weighted by molar-refractivity contribution is 6.01. The molecule has 0 spiro atoms. The van der Waals surface area contributed by atoms with Crippen LogP contribution in [0.25, 0.3) is 10.8 Å². The van der Waals surface area contributed by atoms with E-state index in [4.69, 9.17) is 14.5 Å². The number of aromatic nitrogens is 2. The number of anilines is 2. The Kier molecular flexibility index (Phi) is 8.82. The number of nitrogens with one attached hydrogen (secondary N) is 2. The predicted molar refractivity (Wildman–Crippen MR) is 157 cm³/mol. The van der Waals surface area contributed by atoms with Gasteiger partial charge in [0.2, 0.25) is 0 Å². The second-order valence-corrected chi connectivity index (χ2v) is 10.4. The fraction of sp³-hybridized carbons (Fsp3) is 0.484. The predicted octanol–water partition coefficient (Wildman–Crippen LogP) is 3.84. The molecule has 1 aromatic carbocycles. The van der Waals surface area contributed by atoms with E-state index in [9.17, 15) is 4.79 Å². The van der Waals surface area contributed by atoms with Gasteiger partial charge in [0.25, 0.3) is 5.56 Å². The minimum atomic E-state index is -0.0627. The Bertz CT molecular complexity index is 1410. The highest BCUT2D eigenvalue weighted by Crippen LogP contribution is 2.34. The summed E-state index contributed by atoms with van der Waals surface area (Å²) >= 11 is 0. The second-order valence-electron chi connectivity index (χ2n) is 10.4. The third-order valence-corrected chi connectivity index (χ3v) is 7.71. The van der Waals surface area contributed by atoms with E-state index in [1.165, 1.54) is 5.69 Å². The maximum atomic E-state index is 12.6. The molecule has 8 heteroatoms. The molecule has 2 saturated heterocycles. The van der Waals surface area contributed by atoms with Crippen LogP contribution in [0, 0.1) is 25.7 Å². The maximum Gasteiger partial charge on any atom is 0.253 e. The largest absolute Gasteiger partial charge is 0.381 e. The highest BCUT2D eigenvalue weighted by Gasteiger charge is 2.23. The molecule has 0 bridgehead atoms. The van der Waals surface area contributed by atoms with E-state index in [-0.39, 0.29) is 5.56 Å². The first kappa shape index (κ1) is 27.2. The monoisotopic (exact) mass is 529 g/mol. The first-order chi connectivity index (χ1) is 19.0. The normalized spacial score (nSPS) is 16.6. The van der Waals surface area contributed by atoms with E-state index >= 15 is 0 Å². The SMILES string of the molecule is CCN(c1cc(C#CCN2CCOCC2)cc2c(NCc3c(C)cc(C)[nH]c3=O)nccc12)C1CCOCC1. The highest BCUT2D eigenvalue weighted by atomic mass is 16.5. The molecule has 0 amide bonds. The van der Waals surface area contributed by atoms with Gasteiger partial charge in [-0.3, -0.25) is 9.69 Å². The number of pyridine rings is 2. The molecule has 3 aromatic rings. The van der Waals surface area contributed by atoms with Crippen molar-refractivity contribution < 1.29 is 9.47 Å². The number of nitrogens with zero attached hydrogens (tertiary/aromatic N) is 3. The molecule has 206 valence electrons. The summed E-state index contributed by atoms with van der Waals surface area (Å²) in [7, 11) is 0. The Labute approximate surface area is 230 Å². The van der Waals surface area contributed by atoms with Crippen molar-refractivity contribution in [1.82, 2.24) is 14.9 Å². The van der Waals surface area contributed by atoms with E-state index in [0.29, 0.717) is 12.6 Å². The summed E-state index contributed by atoms with van der Waals surface area (Å²) in [5, 5.41) is 5.61. The molecule has 2 aromatic heterocycles. The quantitative estimate of drug-likeness (QED) is 0.450. The average molecular weight is 530 g/mol. The number of benzene rings is 1. The van der Waals surface area contributed by atoms with E-state index < -0.39 is 0 Å². The van der Waals surface area contributed by atoms with Gasteiger partial charge >= 0.3 is 0 Å². The van der Waals surface area contributed by atoms with E-state index in [1.807, 2.05) is 26.1 Å². The molecule has 0 unspecified atom stereocenters. The Morgan fingerprint density at radius 3 is 2.62 bits per heavy atom. The maximum absolute atomic E-state index is 12.6. The summed E-state index contributed by atoms with van der Waals surface area (Å²) in [6.45, 7) is 13.1. The summed E-state index contributed by atoms with van der Waals surface area (Å²) in [6.07, 6.45) is 3.86. The zero-order chi connectivity index (χ0) is 27.2. The molecule has 2 N–H and O–H groups in total. The van der Waals surface area contributed by atoms with Crippen molar-refractivity contribution in [3.8, 4) is 11.8 Å². The average Bonchev–Trinajstić information content (AvgIpc) is 2.94. The molecule has 0 saturated carbocycles. The first-order valence-corrected chi connectivity index (χ1v) is 14.0. The van der Waals surface area contributed by atoms with Crippen LogP contribution in [0.1, 0.15) is 42.1 Å². The lowest BCUT2D eigenvalue weighted by Gasteiger charge is -2.36. The van der Waals surface area contributed by atoms with E-state index in [0.717, 1.165) is 104 Å². The van der Waals surface area contributed by atoms with Gasteiger partial charge in [0.15, 0.2) is 0 Å². The standard InChI is InChI=1S/C31H39N5O3/c1-4-36(25-8-14-38-15-9-25)29-20-24(6-5-11-35-12-16-39-17-13-35)19-27-26(29)7-10-32-30(27)33-21-28-22(2)18-23(3)34-31(28)37/h7,10,18-20,25H,4,8-9,11-17,21H2,1-3H3,(H,32,33)(H,34,37). The molecule has 5 rings (SSSR count). The Balaban J connectivity index is 1.52. The van der Waals surface area contributed by atoms with E-state index in [1.54, 1.807) is 0 Å². The topological polar surface area (TPSA) is 82.7 Å². The van der Waals surface area contributed by atoms with Gasteiger partial charge in [-0.25, -0.2) is 4.98 Å². The van der Waals surface area contributed by atoms with Gasteiger partial charge in [0.05, 0.1) is 19.8 Å². The van der Waals surface area contributed by atoms with Gasteiger partial charge < -0.3 is 24.7 Å². The molecular formula is C31H39N5O3. The number of hydrogen-bond acceptors (Lipinski definition) is 7. The summed E-state index contributed by atoms with van der Waals surface area (Å²) in [4.78, 5) is 25.1. The molecule has 4 heterocycles. The van der Waals surface area contributed by atoms with Crippen molar-refractivity contribution in [1.29, 1.82) is 0 Å². The van der Waals surface area contributed by atoms with Crippen molar-refractivity contribution in [3.05, 3.63) is 63.2 Å². The zero-order valence-electron chi connectivity index (χ0n) is 23.3. The van der Waals surface area contributed by atoms with Crippen molar-refractivity contribution in [2.45, 2.75) is 46.2 Å². The number of morpholine rings is 1. The second kappa shape index (κ2) is 12.6. The lowest BCUT2D eigenvalue weighted by Crippen LogP contribution is -2.39. The van der Waals surface area contributed by atoms with Crippen molar-refractivity contribution >= 4 is 22.3 Å². The summed E-state index contributed by atoms with van der Waals surface area (Å²) in [5.41, 5.74) is 4.63. The number of hydrogen-bond donors (Lipinski definition) is 2. The summed E-state index contributed by atoms with van der Waals surface area (Å²) in [5.74, 6) is 7.59. The molecule has 2 aliphatic rings. The van der Waals surface area contributed by atoms with Gasteiger partial charge in [0.1, 0.15) is 5.82 Å². The fourth-order valence-corrected chi connectivity index (χ4v) is 5.62. The third-order valence-electron chi connectivity index (χ3n) is 7.71. The van der Waals surface area contributed by atoms with Crippen LogP contribution in [0.15, 0.2) is 35.3 Å². The molecule has 8 nitrogen and oxygen atoms in total. The van der Waals surface area contributed by atoms with Crippen LogP contribution >= 0.6 is 0 Å². The lowest BCUT2D eigenvalue weighted by molar-refractivity contribution is 0.0443. The Morgan fingerprint density at radius 2 is 1.87 bits per heavy atom. The minimum absolute atomic E-state index is 0.0627. The van der Waals surface area contributed by atoms with Crippen LogP contribution < -0.4 is 15.8 Å². The first-order valence-electron chi connectivity index (χ1n) is 14.0. The Morgan fingerprint density at radius 1 is 1.10 bits per heavy atom. The molecule has 2 fully saturated rings. The van der Waals surface area contributed by atoms with Gasteiger partial charge in [0, 0.05) is 84.9 Å². The Hall–Kier alpha value is -3.38. The number of fused-ring (bicyclic) bond motifs is 1. The van der Waals surface area contributed by atoms with Crippen LogP contribution in [0.5, 0.6) is 0 Å². The number of ether oxygens (including phenoxy) is 2. The van der Waals surface area contributed by atoms with Gasteiger partial charge in [-0.2, -0.15) is 0 Å². The number of H-pyrrole nitrogens is 1. The molecule has 2 aliphatic heterocycles. The third kappa shape index (κ3) is 6.44. The zero-order valence-corrected chi connectivity index (χ0v) is 23.3. The molecule has 0 atom stereocenters. The number of aryl methyl sites for hydroxylation is 2. The van der Waals surface area contributed by atoms with Gasteiger partial charge in [-0.15, -0.1) is 0 Å². The van der Waals surface area contributed by atoms with Crippen LogP contribution in [0.2, 0.25) is 0 Å².